The van der Waals surface area contributed by atoms with Crippen molar-refractivity contribution in [1.82, 2.24) is 0 Å². The third-order valence-electron chi connectivity index (χ3n) is 4.29. The molecule has 1 spiro atoms. The van der Waals surface area contributed by atoms with E-state index in [1.54, 1.807) is 0 Å². The Kier molecular flexibility index (Phi) is 1.88. The van der Waals surface area contributed by atoms with E-state index < -0.39 is 0 Å². The van der Waals surface area contributed by atoms with Crippen LogP contribution in [0.1, 0.15) is 43.6 Å². The highest BCUT2D eigenvalue weighted by atomic mass is 35.5. The summed E-state index contributed by atoms with van der Waals surface area (Å²) in [5.74, 6) is 0.841. The van der Waals surface area contributed by atoms with Crippen LogP contribution < -0.4 is 0 Å². The maximum atomic E-state index is 5.90. The monoisotopic (exact) mass is 206 g/mol. The van der Waals surface area contributed by atoms with Crippen molar-refractivity contribution in [2.24, 2.45) is 5.41 Å². The van der Waals surface area contributed by atoms with Crippen molar-refractivity contribution in [3.05, 3.63) is 34.9 Å². The van der Waals surface area contributed by atoms with Gasteiger partial charge < -0.3 is 0 Å². The molecule has 0 aromatic heterocycles. The van der Waals surface area contributed by atoms with Crippen molar-refractivity contribution < 1.29 is 0 Å². The van der Waals surface area contributed by atoms with E-state index in [0.29, 0.717) is 5.41 Å². The van der Waals surface area contributed by atoms with Crippen LogP contribution in [0.25, 0.3) is 0 Å². The molecule has 0 heterocycles. The van der Waals surface area contributed by atoms with Gasteiger partial charge >= 0.3 is 0 Å². The highest BCUT2D eigenvalue weighted by Gasteiger charge is 2.50. The van der Waals surface area contributed by atoms with E-state index in [1.165, 1.54) is 37.7 Å². The molecule has 2 aliphatic rings. The predicted molar refractivity (Wildman–Crippen MR) is 59.7 cm³/mol. The Morgan fingerprint density at radius 3 is 2.21 bits per heavy atom. The van der Waals surface area contributed by atoms with Gasteiger partial charge in [0, 0.05) is 5.02 Å². The van der Waals surface area contributed by atoms with Crippen LogP contribution in [-0.4, -0.2) is 0 Å². The molecule has 1 heteroatoms. The van der Waals surface area contributed by atoms with Gasteiger partial charge in [-0.2, -0.15) is 0 Å². The van der Waals surface area contributed by atoms with Crippen molar-refractivity contribution in [3.63, 3.8) is 0 Å². The third kappa shape index (κ3) is 1.13. The van der Waals surface area contributed by atoms with Crippen LogP contribution in [0, 0.1) is 5.41 Å². The lowest BCUT2D eigenvalue weighted by atomic mass is 9.48. The quantitative estimate of drug-likeness (QED) is 0.640. The predicted octanol–water partition coefficient (Wildman–Crippen LogP) is 4.39. The number of hydrogen-bond donors (Lipinski definition) is 0. The fourth-order valence-electron chi connectivity index (χ4n) is 3.14. The highest BCUT2D eigenvalue weighted by molar-refractivity contribution is 6.30. The van der Waals surface area contributed by atoms with E-state index in [9.17, 15) is 0 Å². The lowest BCUT2D eigenvalue weighted by Gasteiger charge is -2.56. The van der Waals surface area contributed by atoms with Crippen LogP contribution in [0.3, 0.4) is 0 Å². The standard InChI is InChI=1S/C13H15Cl/c14-11-4-2-10(3-5-11)12-6-9-13(12)7-1-8-13/h2-5,12H,1,6-9H2/t12-/m0/s1. The van der Waals surface area contributed by atoms with Gasteiger partial charge in [0.25, 0.3) is 0 Å². The molecule has 0 nitrogen and oxygen atoms in total. The summed E-state index contributed by atoms with van der Waals surface area (Å²) in [4.78, 5) is 0. The zero-order chi connectivity index (χ0) is 9.60. The van der Waals surface area contributed by atoms with Crippen molar-refractivity contribution in [2.75, 3.05) is 0 Å². The average Bonchev–Trinajstić information content (AvgIpc) is 2.04. The Hall–Kier alpha value is -0.490. The molecule has 1 atom stereocenters. The Bertz CT molecular complexity index is 329. The first kappa shape index (κ1) is 8.79. The molecule has 2 fully saturated rings. The Balaban J connectivity index is 1.85. The maximum Gasteiger partial charge on any atom is 0.0406 e. The van der Waals surface area contributed by atoms with E-state index >= 15 is 0 Å². The maximum absolute atomic E-state index is 5.90. The van der Waals surface area contributed by atoms with E-state index in [0.717, 1.165) is 10.9 Å². The summed E-state index contributed by atoms with van der Waals surface area (Å²) in [6, 6.07) is 8.49. The molecule has 74 valence electrons. The largest absolute Gasteiger partial charge is 0.0843 e. The molecule has 14 heavy (non-hydrogen) atoms. The zero-order valence-corrected chi connectivity index (χ0v) is 9.06. The first-order chi connectivity index (χ1) is 6.80. The second-order valence-electron chi connectivity index (χ2n) is 4.86. The minimum Gasteiger partial charge on any atom is -0.0843 e. The molecule has 1 aromatic carbocycles. The van der Waals surface area contributed by atoms with Gasteiger partial charge in [0.1, 0.15) is 0 Å². The summed E-state index contributed by atoms with van der Waals surface area (Å²) in [6.07, 6.45) is 7.21. The van der Waals surface area contributed by atoms with Gasteiger partial charge in [-0.15, -0.1) is 0 Å². The van der Waals surface area contributed by atoms with Crippen molar-refractivity contribution in [2.45, 2.75) is 38.0 Å². The van der Waals surface area contributed by atoms with Crippen molar-refractivity contribution in [1.29, 1.82) is 0 Å². The summed E-state index contributed by atoms with van der Waals surface area (Å²) in [7, 11) is 0. The van der Waals surface area contributed by atoms with Gasteiger partial charge in [-0.3, -0.25) is 0 Å². The van der Waals surface area contributed by atoms with Crippen LogP contribution in [0.5, 0.6) is 0 Å². The van der Waals surface area contributed by atoms with Gasteiger partial charge in [-0.05, 0) is 54.7 Å². The molecule has 0 amide bonds. The number of benzene rings is 1. The third-order valence-corrected chi connectivity index (χ3v) is 4.54. The van der Waals surface area contributed by atoms with Crippen molar-refractivity contribution >= 4 is 11.6 Å². The van der Waals surface area contributed by atoms with Gasteiger partial charge in [0.05, 0.1) is 0 Å². The van der Waals surface area contributed by atoms with Gasteiger partial charge in [-0.1, -0.05) is 30.2 Å². The first-order valence-electron chi connectivity index (χ1n) is 5.56. The molecule has 0 radical (unpaired) electrons. The number of halogens is 1. The van der Waals surface area contributed by atoms with Crippen LogP contribution in [0.15, 0.2) is 24.3 Å². The lowest BCUT2D eigenvalue weighted by Crippen LogP contribution is -2.43. The molecule has 2 saturated carbocycles. The molecule has 0 unspecified atom stereocenters. The molecule has 0 N–H and O–H groups in total. The molecule has 2 aliphatic carbocycles. The Labute approximate surface area is 90.3 Å². The highest BCUT2D eigenvalue weighted by Crippen LogP contribution is 2.63. The van der Waals surface area contributed by atoms with E-state index in [2.05, 4.69) is 12.1 Å². The molecular formula is C13H15Cl. The van der Waals surface area contributed by atoms with Gasteiger partial charge in [-0.25, -0.2) is 0 Å². The summed E-state index contributed by atoms with van der Waals surface area (Å²) in [6.45, 7) is 0. The van der Waals surface area contributed by atoms with Crippen molar-refractivity contribution in [3.8, 4) is 0 Å². The minimum atomic E-state index is 0.716. The van der Waals surface area contributed by atoms with Crippen LogP contribution in [0.2, 0.25) is 5.02 Å². The fraction of sp³-hybridized carbons (Fsp3) is 0.538. The molecule has 0 bridgehead atoms. The summed E-state index contributed by atoms with van der Waals surface area (Å²) < 4.78 is 0. The number of rotatable bonds is 1. The minimum absolute atomic E-state index is 0.716. The lowest BCUT2D eigenvalue weighted by molar-refractivity contribution is -0.00197. The molecule has 1 aromatic rings. The SMILES string of the molecule is Clc1ccc([C@@H]2CCC23CCC3)cc1. The topological polar surface area (TPSA) is 0 Å². The van der Waals surface area contributed by atoms with Crippen LogP contribution >= 0.6 is 11.6 Å². The molecule has 0 aliphatic heterocycles. The summed E-state index contributed by atoms with van der Waals surface area (Å²) in [5.41, 5.74) is 2.23. The van der Waals surface area contributed by atoms with Gasteiger partial charge in [0.15, 0.2) is 0 Å². The molecule has 0 saturated heterocycles. The van der Waals surface area contributed by atoms with E-state index in [4.69, 9.17) is 11.6 Å². The second kappa shape index (κ2) is 3.00. The normalized spacial score (nSPS) is 28.2. The zero-order valence-electron chi connectivity index (χ0n) is 8.30. The Morgan fingerprint density at radius 1 is 1.07 bits per heavy atom. The first-order valence-corrected chi connectivity index (χ1v) is 5.93. The van der Waals surface area contributed by atoms with Gasteiger partial charge in [0.2, 0.25) is 0 Å². The van der Waals surface area contributed by atoms with E-state index in [-0.39, 0.29) is 0 Å². The second-order valence-corrected chi connectivity index (χ2v) is 5.30. The Morgan fingerprint density at radius 2 is 1.79 bits per heavy atom. The summed E-state index contributed by atoms with van der Waals surface area (Å²) in [5, 5.41) is 0.857. The van der Waals surface area contributed by atoms with Crippen LogP contribution in [-0.2, 0) is 0 Å². The van der Waals surface area contributed by atoms with E-state index in [1.807, 2.05) is 12.1 Å². The fourth-order valence-corrected chi connectivity index (χ4v) is 3.27. The number of hydrogen-bond acceptors (Lipinski definition) is 0. The summed E-state index contributed by atoms with van der Waals surface area (Å²) >= 11 is 5.90. The average molecular weight is 207 g/mol. The molecule has 3 rings (SSSR count). The smallest absolute Gasteiger partial charge is 0.0406 e. The van der Waals surface area contributed by atoms with Crippen LogP contribution in [0.4, 0.5) is 0 Å². The molecular weight excluding hydrogens is 192 g/mol.